The lowest BCUT2D eigenvalue weighted by molar-refractivity contribution is -0.142. The summed E-state index contributed by atoms with van der Waals surface area (Å²) in [5, 5.41) is 11.9. The van der Waals surface area contributed by atoms with E-state index in [1.807, 2.05) is 18.2 Å². The average Bonchev–Trinajstić information content (AvgIpc) is 3.32. The minimum Gasteiger partial charge on any atom is -0.481 e. The summed E-state index contributed by atoms with van der Waals surface area (Å²) in [7, 11) is 0. The first-order valence-corrected chi connectivity index (χ1v) is 7.30. The highest BCUT2D eigenvalue weighted by Gasteiger charge is 2.27. The van der Waals surface area contributed by atoms with Gasteiger partial charge in [-0.1, -0.05) is 12.2 Å². The fraction of sp³-hybridized carbons (Fsp3) is 0.438. The Balaban J connectivity index is 1.66. The van der Waals surface area contributed by atoms with E-state index in [4.69, 9.17) is 5.11 Å². The van der Waals surface area contributed by atoms with Crippen molar-refractivity contribution in [2.45, 2.75) is 37.6 Å². The topological polar surface area (TPSA) is 79.3 Å². The predicted molar refractivity (Wildman–Crippen MR) is 77.0 cm³/mol. The van der Waals surface area contributed by atoms with Crippen molar-refractivity contribution in [3.8, 4) is 0 Å². The van der Waals surface area contributed by atoms with Gasteiger partial charge in [0.2, 0.25) is 0 Å². The molecule has 5 heteroatoms. The molecule has 1 saturated carbocycles. The van der Waals surface area contributed by atoms with Crippen LogP contribution in [0, 0.1) is 5.92 Å². The van der Waals surface area contributed by atoms with E-state index in [9.17, 15) is 9.59 Å². The zero-order chi connectivity index (χ0) is 14.8. The molecular formula is C16H18N2O3. The van der Waals surface area contributed by atoms with Gasteiger partial charge in [0.1, 0.15) is 0 Å². The number of hydrogen-bond donors (Lipinski definition) is 2. The number of aromatic nitrogens is 1. The highest BCUT2D eigenvalue weighted by molar-refractivity contribution is 5.94. The first-order valence-electron chi connectivity index (χ1n) is 7.30. The number of carboxylic acid groups (broad SMARTS) is 1. The van der Waals surface area contributed by atoms with Crippen LogP contribution in [0.2, 0.25) is 0 Å². The van der Waals surface area contributed by atoms with E-state index in [2.05, 4.69) is 10.3 Å². The Morgan fingerprint density at radius 3 is 2.86 bits per heavy atom. The Hall–Kier alpha value is -2.17. The lowest BCUT2D eigenvalue weighted by Crippen LogP contribution is -2.37. The van der Waals surface area contributed by atoms with Crippen molar-refractivity contribution in [1.29, 1.82) is 0 Å². The van der Waals surface area contributed by atoms with Crippen LogP contribution in [0.25, 0.3) is 0 Å². The molecular weight excluding hydrogens is 268 g/mol. The molecule has 0 aromatic carbocycles. The van der Waals surface area contributed by atoms with Crippen LogP contribution in [-0.2, 0) is 4.79 Å². The van der Waals surface area contributed by atoms with Crippen LogP contribution in [0.15, 0.2) is 30.5 Å². The maximum absolute atomic E-state index is 12.3. The third-order valence-electron chi connectivity index (χ3n) is 4.03. The summed E-state index contributed by atoms with van der Waals surface area (Å²) in [5.74, 6) is -0.887. The van der Waals surface area contributed by atoms with Crippen molar-refractivity contribution in [2.75, 3.05) is 0 Å². The largest absolute Gasteiger partial charge is 0.481 e. The van der Waals surface area contributed by atoms with Gasteiger partial charge in [0.05, 0.1) is 5.92 Å². The molecule has 3 rings (SSSR count). The van der Waals surface area contributed by atoms with E-state index in [-0.39, 0.29) is 11.9 Å². The standard InChI is InChI=1S/C16H18N2O3/c19-15(11-6-7-17-14(9-11)10-4-5-10)18-13-3-1-2-12(8-13)16(20)21/h1,3,6-7,9-10,12-13H,2,4-5,8H2,(H,18,19)(H,20,21)/t12-,13-/m1/s1. The van der Waals surface area contributed by atoms with Crippen LogP contribution in [0.1, 0.15) is 47.7 Å². The second kappa shape index (κ2) is 5.68. The highest BCUT2D eigenvalue weighted by atomic mass is 16.4. The van der Waals surface area contributed by atoms with Crippen LogP contribution in [0.4, 0.5) is 0 Å². The highest BCUT2D eigenvalue weighted by Crippen LogP contribution is 2.38. The van der Waals surface area contributed by atoms with Gasteiger partial charge in [0, 0.05) is 29.4 Å². The van der Waals surface area contributed by atoms with Crippen molar-refractivity contribution >= 4 is 11.9 Å². The molecule has 0 aliphatic heterocycles. The lowest BCUT2D eigenvalue weighted by Gasteiger charge is -2.22. The number of nitrogens with one attached hydrogen (secondary N) is 1. The second-order valence-electron chi connectivity index (χ2n) is 5.76. The van der Waals surface area contributed by atoms with Gasteiger partial charge in [-0.25, -0.2) is 0 Å². The molecule has 110 valence electrons. The van der Waals surface area contributed by atoms with Gasteiger partial charge in [-0.15, -0.1) is 0 Å². The molecule has 2 atom stereocenters. The first kappa shape index (κ1) is 13.8. The second-order valence-corrected chi connectivity index (χ2v) is 5.76. The molecule has 0 unspecified atom stereocenters. The number of pyridine rings is 1. The summed E-state index contributed by atoms with van der Waals surface area (Å²) in [6, 6.07) is 3.32. The smallest absolute Gasteiger partial charge is 0.306 e. The SMILES string of the molecule is O=C(N[C@@H]1C=CC[C@@H](C(=O)O)C1)c1ccnc(C2CC2)c1. The number of allylic oxidation sites excluding steroid dienone is 1. The van der Waals surface area contributed by atoms with Gasteiger partial charge in [0.15, 0.2) is 0 Å². The minimum absolute atomic E-state index is 0.167. The molecule has 1 fully saturated rings. The number of rotatable bonds is 4. The monoisotopic (exact) mass is 286 g/mol. The summed E-state index contributed by atoms with van der Waals surface area (Å²) in [6.07, 6.45) is 8.63. The number of carbonyl (C=O) groups is 2. The summed E-state index contributed by atoms with van der Waals surface area (Å²) in [4.78, 5) is 27.6. The summed E-state index contributed by atoms with van der Waals surface area (Å²) < 4.78 is 0. The Bertz CT molecular complexity index is 593. The minimum atomic E-state index is -0.807. The molecule has 1 aromatic heterocycles. The molecule has 1 aromatic rings. The third-order valence-corrected chi connectivity index (χ3v) is 4.03. The molecule has 1 heterocycles. The quantitative estimate of drug-likeness (QED) is 0.831. The van der Waals surface area contributed by atoms with Crippen LogP contribution in [0.5, 0.6) is 0 Å². The van der Waals surface area contributed by atoms with Crippen LogP contribution in [-0.4, -0.2) is 28.0 Å². The summed E-state index contributed by atoms with van der Waals surface area (Å²) >= 11 is 0. The summed E-state index contributed by atoms with van der Waals surface area (Å²) in [5.41, 5.74) is 1.57. The first-order chi connectivity index (χ1) is 10.1. The van der Waals surface area contributed by atoms with Crippen LogP contribution >= 0.6 is 0 Å². The molecule has 1 amide bonds. The number of carbonyl (C=O) groups excluding carboxylic acids is 1. The summed E-state index contributed by atoms with van der Waals surface area (Å²) in [6.45, 7) is 0. The molecule has 2 N–H and O–H groups in total. The van der Waals surface area contributed by atoms with Crippen LogP contribution in [0.3, 0.4) is 0 Å². The number of hydrogen-bond acceptors (Lipinski definition) is 3. The maximum Gasteiger partial charge on any atom is 0.306 e. The maximum atomic E-state index is 12.3. The molecule has 0 saturated heterocycles. The zero-order valence-corrected chi connectivity index (χ0v) is 11.7. The zero-order valence-electron chi connectivity index (χ0n) is 11.7. The third kappa shape index (κ3) is 3.29. The van der Waals surface area contributed by atoms with Gasteiger partial charge < -0.3 is 10.4 Å². The van der Waals surface area contributed by atoms with E-state index in [1.54, 1.807) is 12.3 Å². The fourth-order valence-electron chi connectivity index (χ4n) is 2.64. The van der Waals surface area contributed by atoms with Crippen LogP contribution < -0.4 is 5.32 Å². The van der Waals surface area contributed by atoms with E-state index >= 15 is 0 Å². The predicted octanol–water partition coefficient (Wildman–Crippen LogP) is 2.11. The molecule has 0 bridgehead atoms. The van der Waals surface area contributed by atoms with Gasteiger partial charge in [-0.3, -0.25) is 14.6 Å². The number of amides is 1. The Morgan fingerprint density at radius 2 is 2.14 bits per heavy atom. The van der Waals surface area contributed by atoms with Crippen molar-refractivity contribution in [1.82, 2.24) is 10.3 Å². The van der Waals surface area contributed by atoms with E-state index in [1.165, 1.54) is 0 Å². The lowest BCUT2D eigenvalue weighted by atomic mass is 9.91. The van der Waals surface area contributed by atoms with Gasteiger partial charge in [-0.2, -0.15) is 0 Å². The number of nitrogens with zero attached hydrogens (tertiary/aromatic N) is 1. The van der Waals surface area contributed by atoms with E-state index < -0.39 is 11.9 Å². The molecule has 21 heavy (non-hydrogen) atoms. The van der Waals surface area contributed by atoms with Gasteiger partial charge in [0.25, 0.3) is 5.91 Å². The van der Waals surface area contributed by atoms with Gasteiger partial charge >= 0.3 is 5.97 Å². The average molecular weight is 286 g/mol. The van der Waals surface area contributed by atoms with Crippen molar-refractivity contribution < 1.29 is 14.7 Å². The number of carboxylic acids is 1. The molecule has 2 aliphatic rings. The van der Waals surface area contributed by atoms with Gasteiger partial charge in [-0.05, 0) is 37.8 Å². The molecule has 2 aliphatic carbocycles. The van der Waals surface area contributed by atoms with E-state index in [0.717, 1.165) is 18.5 Å². The number of aliphatic carboxylic acids is 1. The molecule has 0 spiro atoms. The molecule has 0 radical (unpaired) electrons. The Labute approximate surface area is 123 Å². The Morgan fingerprint density at radius 1 is 1.33 bits per heavy atom. The van der Waals surface area contributed by atoms with Crippen molar-refractivity contribution in [2.24, 2.45) is 5.92 Å². The molecule has 5 nitrogen and oxygen atoms in total. The fourth-order valence-corrected chi connectivity index (χ4v) is 2.64. The van der Waals surface area contributed by atoms with Crippen molar-refractivity contribution in [3.05, 3.63) is 41.7 Å². The normalized spacial score (nSPS) is 24.6. The van der Waals surface area contributed by atoms with Crippen molar-refractivity contribution in [3.63, 3.8) is 0 Å². The Kier molecular flexibility index (Phi) is 3.73. The van der Waals surface area contributed by atoms with E-state index in [0.29, 0.717) is 24.3 Å².